The maximum atomic E-state index is 13.2. The minimum atomic E-state index is -0.374. The Labute approximate surface area is 202 Å². The van der Waals surface area contributed by atoms with Gasteiger partial charge in [0.2, 0.25) is 0 Å². The van der Waals surface area contributed by atoms with E-state index in [1.807, 2.05) is 42.8 Å². The molecule has 0 aliphatic rings. The molecule has 166 valence electrons. The summed E-state index contributed by atoms with van der Waals surface area (Å²) in [5.74, 6) is -0.621. The molecule has 0 aliphatic carbocycles. The van der Waals surface area contributed by atoms with Crippen molar-refractivity contribution in [2.75, 3.05) is 5.32 Å². The molecule has 5 nitrogen and oxygen atoms in total. The number of hydrogen-bond donors (Lipinski definition) is 1. The Bertz CT molecular complexity index is 1340. The summed E-state index contributed by atoms with van der Waals surface area (Å²) in [6.45, 7) is 4.25. The van der Waals surface area contributed by atoms with E-state index in [4.69, 9.17) is 23.2 Å². The number of aryl methyl sites for hydroxylation is 1. The topological polar surface area (TPSA) is 64.0 Å². The number of carbonyl (C=O) groups excluding carboxylic acids is 2. The van der Waals surface area contributed by atoms with E-state index in [-0.39, 0.29) is 11.7 Å². The number of halogens is 2. The van der Waals surface area contributed by atoms with Crippen LogP contribution in [0.3, 0.4) is 0 Å². The molecule has 1 N–H and O–H groups in total. The summed E-state index contributed by atoms with van der Waals surface area (Å²) >= 11 is 12.0. The smallest absolute Gasteiger partial charge is 0.256 e. The van der Waals surface area contributed by atoms with Crippen LogP contribution < -0.4 is 5.32 Å². The Morgan fingerprint density at radius 3 is 2.27 bits per heavy atom. The summed E-state index contributed by atoms with van der Waals surface area (Å²) in [5, 5.41) is 8.72. The zero-order valence-corrected chi connectivity index (χ0v) is 19.6. The molecule has 0 atom stereocenters. The van der Waals surface area contributed by atoms with Gasteiger partial charge in [-0.15, -0.1) is 0 Å². The van der Waals surface area contributed by atoms with Crippen molar-refractivity contribution in [3.05, 3.63) is 116 Å². The molecule has 3 aromatic carbocycles. The third-order valence-corrected chi connectivity index (χ3v) is 5.85. The van der Waals surface area contributed by atoms with Crippen molar-refractivity contribution in [2.24, 2.45) is 0 Å². The SMILES string of the molecule is Cc1nn(Cc2cccc(Cl)c2)c(C)c1NC(=O)c1ccccc1C(=O)c1ccc(Cl)cc1. The normalized spacial score (nSPS) is 10.8. The van der Waals surface area contributed by atoms with Crippen molar-refractivity contribution < 1.29 is 9.59 Å². The fourth-order valence-corrected chi connectivity index (χ4v) is 4.00. The first-order valence-electron chi connectivity index (χ1n) is 10.3. The van der Waals surface area contributed by atoms with Gasteiger partial charge in [0.05, 0.1) is 29.2 Å². The zero-order valence-electron chi connectivity index (χ0n) is 18.1. The van der Waals surface area contributed by atoms with Crippen molar-refractivity contribution in [1.82, 2.24) is 9.78 Å². The number of hydrogen-bond acceptors (Lipinski definition) is 3. The zero-order chi connectivity index (χ0) is 23.5. The number of nitrogens with zero attached hydrogens (tertiary/aromatic N) is 2. The van der Waals surface area contributed by atoms with Gasteiger partial charge in [-0.05, 0) is 61.9 Å². The number of anilines is 1. The lowest BCUT2D eigenvalue weighted by atomic mass is 9.98. The van der Waals surface area contributed by atoms with Gasteiger partial charge in [0.15, 0.2) is 5.78 Å². The summed E-state index contributed by atoms with van der Waals surface area (Å²) in [6, 6.07) is 20.9. The summed E-state index contributed by atoms with van der Waals surface area (Å²) < 4.78 is 1.82. The third kappa shape index (κ3) is 5.00. The van der Waals surface area contributed by atoms with Gasteiger partial charge < -0.3 is 5.32 Å². The number of ketones is 1. The highest BCUT2D eigenvalue weighted by molar-refractivity contribution is 6.31. The summed E-state index contributed by atoms with van der Waals surface area (Å²) in [6.07, 6.45) is 0. The molecule has 0 unspecified atom stereocenters. The standard InChI is InChI=1S/C26H21Cl2N3O2/c1-16-24(17(2)31(30-16)15-18-6-5-7-21(28)14-18)29-26(33)23-9-4-3-8-22(23)25(32)19-10-12-20(27)13-11-19/h3-14H,15H2,1-2H3,(H,29,33). The fourth-order valence-electron chi connectivity index (χ4n) is 3.66. The first-order valence-corrected chi connectivity index (χ1v) is 11.1. The highest BCUT2D eigenvalue weighted by atomic mass is 35.5. The Morgan fingerprint density at radius 1 is 0.879 bits per heavy atom. The van der Waals surface area contributed by atoms with E-state index in [9.17, 15) is 9.59 Å². The summed E-state index contributed by atoms with van der Waals surface area (Å²) in [5.41, 5.74) is 4.19. The van der Waals surface area contributed by atoms with E-state index in [1.54, 1.807) is 48.5 Å². The molecule has 0 radical (unpaired) electrons. The van der Waals surface area contributed by atoms with Crippen molar-refractivity contribution in [3.63, 3.8) is 0 Å². The van der Waals surface area contributed by atoms with Crippen LogP contribution in [0.25, 0.3) is 0 Å². The Balaban J connectivity index is 1.60. The molecule has 4 aromatic rings. The van der Waals surface area contributed by atoms with E-state index in [0.717, 1.165) is 11.3 Å². The predicted octanol–water partition coefficient (Wildman–Crippen LogP) is 6.34. The molecule has 7 heteroatoms. The Kier molecular flexibility index (Phi) is 6.63. The first kappa shape index (κ1) is 22.8. The number of benzene rings is 3. The predicted molar refractivity (Wildman–Crippen MR) is 132 cm³/mol. The van der Waals surface area contributed by atoms with Gasteiger partial charge in [-0.1, -0.05) is 53.5 Å². The van der Waals surface area contributed by atoms with Gasteiger partial charge in [-0.25, -0.2) is 0 Å². The highest BCUT2D eigenvalue weighted by Crippen LogP contribution is 2.24. The average Bonchev–Trinajstić information content (AvgIpc) is 3.06. The summed E-state index contributed by atoms with van der Waals surface area (Å²) in [4.78, 5) is 26.3. The molecule has 0 fully saturated rings. The molecule has 1 heterocycles. The highest BCUT2D eigenvalue weighted by Gasteiger charge is 2.21. The quantitative estimate of drug-likeness (QED) is 0.329. The van der Waals surface area contributed by atoms with Crippen LogP contribution in [0.2, 0.25) is 10.0 Å². The van der Waals surface area contributed by atoms with Crippen LogP contribution in [0.1, 0.15) is 43.2 Å². The third-order valence-electron chi connectivity index (χ3n) is 5.36. The van der Waals surface area contributed by atoms with E-state index in [0.29, 0.717) is 44.7 Å². The second kappa shape index (κ2) is 9.61. The lowest BCUT2D eigenvalue weighted by Crippen LogP contribution is -2.17. The van der Waals surface area contributed by atoms with Crippen molar-refractivity contribution in [3.8, 4) is 0 Å². The molecule has 0 aliphatic heterocycles. The minimum Gasteiger partial charge on any atom is -0.319 e. The van der Waals surface area contributed by atoms with Gasteiger partial charge in [0.1, 0.15) is 0 Å². The van der Waals surface area contributed by atoms with Gasteiger partial charge in [0, 0.05) is 21.2 Å². The fraction of sp³-hybridized carbons (Fsp3) is 0.115. The van der Waals surface area contributed by atoms with Gasteiger partial charge in [-0.3, -0.25) is 14.3 Å². The lowest BCUT2D eigenvalue weighted by Gasteiger charge is -2.11. The minimum absolute atomic E-state index is 0.248. The molecule has 4 rings (SSSR count). The second-order valence-corrected chi connectivity index (χ2v) is 8.54. The number of rotatable bonds is 6. The maximum Gasteiger partial charge on any atom is 0.256 e. The molecular weight excluding hydrogens is 457 g/mol. The maximum absolute atomic E-state index is 13.2. The van der Waals surface area contributed by atoms with E-state index < -0.39 is 0 Å². The van der Waals surface area contributed by atoms with Crippen LogP contribution in [0.4, 0.5) is 5.69 Å². The molecule has 1 amide bonds. The molecule has 1 aromatic heterocycles. The van der Waals surface area contributed by atoms with Gasteiger partial charge in [-0.2, -0.15) is 5.10 Å². The number of carbonyl (C=O) groups is 2. The van der Waals surface area contributed by atoms with Gasteiger partial charge >= 0.3 is 0 Å². The number of amides is 1. The van der Waals surface area contributed by atoms with Crippen LogP contribution >= 0.6 is 23.2 Å². The van der Waals surface area contributed by atoms with Crippen LogP contribution in [-0.2, 0) is 6.54 Å². The molecule has 0 spiro atoms. The largest absolute Gasteiger partial charge is 0.319 e. The molecule has 0 bridgehead atoms. The number of aromatic nitrogens is 2. The van der Waals surface area contributed by atoms with Gasteiger partial charge in [0.25, 0.3) is 5.91 Å². The van der Waals surface area contributed by atoms with Crippen molar-refractivity contribution in [2.45, 2.75) is 20.4 Å². The molecule has 0 saturated carbocycles. The Morgan fingerprint density at radius 2 is 1.58 bits per heavy atom. The van der Waals surface area contributed by atoms with E-state index in [2.05, 4.69) is 10.4 Å². The number of nitrogens with one attached hydrogen (secondary N) is 1. The monoisotopic (exact) mass is 477 g/mol. The second-order valence-electron chi connectivity index (χ2n) is 7.67. The summed E-state index contributed by atoms with van der Waals surface area (Å²) in [7, 11) is 0. The molecular formula is C26H21Cl2N3O2. The van der Waals surface area contributed by atoms with Crippen LogP contribution in [-0.4, -0.2) is 21.5 Å². The molecule has 33 heavy (non-hydrogen) atoms. The first-order chi connectivity index (χ1) is 15.8. The van der Waals surface area contributed by atoms with E-state index >= 15 is 0 Å². The van der Waals surface area contributed by atoms with E-state index in [1.165, 1.54) is 0 Å². The van der Waals surface area contributed by atoms with Crippen molar-refractivity contribution in [1.29, 1.82) is 0 Å². The lowest BCUT2D eigenvalue weighted by molar-refractivity contribution is 0.0996. The van der Waals surface area contributed by atoms with Crippen LogP contribution in [0.5, 0.6) is 0 Å². The average molecular weight is 478 g/mol. The van der Waals surface area contributed by atoms with Crippen molar-refractivity contribution >= 4 is 40.6 Å². The molecule has 0 saturated heterocycles. The Hall–Kier alpha value is -3.41. The van der Waals surface area contributed by atoms with Crippen LogP contribution in [0.15, 0.2) is 72.8 Å². The van der Waals surface area contributed by atoms with Crippen LogP contribution in [0, 0.1) is 13.8 Å².